The van der Waals surface area contributed by atoms with Crippen molar-refractivity contribution in [3.8, 4) is 11.5 Å². The van der Waals surface area contributed by atoms with Crippen molar-refractivity contribution in [1.82, 2.24) is 5.32 Å². The van der Waals surface area contributed by atoms with E-state index in [1.54, 1.807) is 54.6 Å². The van der Waals surface area contributed by atoms with Gasteiger partial charge in [-0.3, -0.25) is 14.9 Å². The van der Waals surface area contributed by atoms with Crippen molar-refractivity contribution in [1.29, 1.82) is 0 Å². The van der Waals surface area contributed by atoms with Crippen LogP contribution in [-0.2, 0) is 16.2 Å². The highest BCUT2D eigenvalue weighted by Gasteiger charge is 2.37. The maximum Gasteiger partial charge on any atom is 0.335 e. The molecule has 4 amide bonds. The Morgan fingerprint density at radius 3 is 2.50 bits per heavy atom. The Bertz CT molecular complexity index is 1430. The summed E-state index contributed by atoms with van der Waals surface area (Å²) < 4.78 is 12.6. The maximum absolute atomic E-state index is 13.2. The fraction of sp³-hybridized carbons (Fsp3) is 0.0800. The monoisotopic (exact) mass is 652 g/mol. The molecule has 36 heavy (non-hydrogen) atoms. The van der Waals surface area contributed by atoms with Crippen LogP contribution in [0.4, 0.5) is 10.5 Å². The molecule has 11 heteroatoms. The second-order valence-electron chi connectivity index (χ2n) is 7.50. The van der Waals surface area contributed by atoms with Crippen LogP contribution in [0.5, 0.6) is 11.5 Å². The van der Waals surface area contributed by atoms with Gasteiger partial charge in [0.05, 0.1) is 17.3 Å². The predicted octanol–water partition coefficient (Wildman–Crippen LogP) is 6.77. The fourth-order valence-corrected chi connectivity index (χ4v) is 4.85. The van der Waals surface area contributed by atoms with Gasteiger partial charge in [-0.25, -0.2) is 9.69 Å². The molecule has 0 saturated carbocycles. The highest BCUT2D eigenvalue weighted by Crippen LogP contribution is 2.38. The van der Waals surface area contributed by atoms with Gasteiger partial charge in [0.2, 0.25) is 0 Å². The third-order valence-electron chi connectivity index (χ3n) is 5.12. The van der Waals surface area contributed by atoms with E-state index in [0.29, 0.717) is 41.7 Å². The summed E-state index contributed by atoms with van der Waals surface area (Å²) in [5.74, 6) is -0.806. The lowest BCUT2D eigenvalue weighted by molar-refractivity contribution is -0.122. The van der Waals surface area contributed by atoms with E-state index < -0.39 is 17.8 Å². The molecule has 3 aromatic carbocycles. The molecule has 1 aliphatic rings. The molecular formula is C25H16Br2Cl2N2O5. The number of imide groups is 2. The first kappa shape index (κ1) is 26.2. The van der Waals surface area contributed by atoms with Gasteiger partial charge in [-0.05, 0) is 70.0 Å². The largest absolute Gasteiger partial charge is 0.493 e. The number of barbiturate groups is 1. The molecule has 1 saturated heterocycles. The number of carbonyl (C=O) groups is 3. The third kappa shape index (κ3) is 5.59. The Morgan fingerprint density at radius 1 is 1.03 bits per heavy atom. The third-order valence-corrected chi connectivity index (χ3v) is 6.79. The minimum Gasteiger partial charge on any atom is -0.493 e. The molecule has 0 bridgehead atoms. The summed E-state index contributed by atoms with van der Waals surface area (Å²) in [6, 6.07) is 14.2. The Labute approximate surface area is 233 Å². The van der Waals surface area contributed by atoms with Crippen LogP contribution in [0.25, 0.3) is 6.08 Å². The number of nitrogens with zero attached hydrogens (tertiary/aromatic N) is 1. The second-order valence-corrected chi connectivity index (χ2v) is 10.1. The van der Waals surface area contributed by atoms with Crippen molar-refractivity contribution in [3.05, 3.63) is 90.3 Å². The average molecular weight is 655 g/mol. The van der Waals surface area contributed by atoms with Gasteiger partial charge in [0, 0.05) is 20.1 Å². The molecule has 4 rings (SSSR count). The van der Waals surface area contributed by atoms with Gasteiger partial charge >= 0.3 is 6.03 Å². The molecule has 0 spiro atoms. The minimum atomic E-state index is -0.830. The zero-order valence-corrected chi connectivity index (χ0v) is 23.2. The lowest BCUT2D eigenvalue weighted by Crippen LogP contribution is -2.54. The summed E-state index contributed by atoms with van der Waals surface area (Å²) in [7, 11) is 1.47. The van der Waals surface area contributed by atoms with Crippen LogP contribution in [0.1, 0.15) is 11.1 Å². The molecule has 184 valence electrons. The number of ether oxygens (including phenoxy) is 2. The van der Waals surface area contributed by atoms with Gasteiger partial charge in [0.25, 0.3) is 11.8 Å². The molecule has 7 nitrogen and oxygen atoms in total. The average Bonchev–Trinajstić information content (AvgIpc) is 2.81. The van der Waals surface area contributed by atoms with Gasteiger partial charge in [-0.15, -0.1) is 0 Å². The number of nitrogens with one attached hydrogen (secondary N) is 1. The van der Waals surface area contributed by atoms with Crippen LogP contribution in [0.3, 0.4) is 0 Å². The van der Waals surface area contributed by atoms with E-state index in [1.165, 1.54) is 13.2 Å². The number of rotatable bonds is 6. The number of hydrogen-bond acceptors (Lipinski definition) is 5. The van der Waals surface area contributed by atoms with E-state index in [0.717, 1.165) is 10.5 Å². The van der Waals surface area contributed by atoms with Crippen LogP contribution in [0.15, 0.2) is 69.1 Å². The lowest BCUT2D eigenvalue weighted by atomic mass is 10.1. The first-order valence-corrected chi connectivity index (χ1v) is 12.6. The van der Waals surface area contributed by atoms with Crippen LogP contribution in [0.2, 0.25) is 10.0 Å². The standard InChI is InChI=1S/C25H16Br2Cl2N2O5/c1-35-21-9-13(8-19(27)22(21)36-12-14-5-6-16(28)11-20(14)29)7-18-23(32)30-25(34)31(24(18)33)17-4-2-3-15(26)10-17/h2-11H,12H2,1H3,(H,30,32,34). The molecular weight excluding hydrogens is 639 g/mol. The number of halogens is 4. The quantitative estimate of drug-likeness (QED) is 0.234. The fourth-order valence-electron chi connectivity index (χ4n) is 3.43. The lowest BCUT2D eigenvalue weighted by Gasteiger charge is -2.26. The Hall–Kier alpha value is -2.85. The van der Waals surface area contributed by atoms with Gasteiger partial charge in [0.1, 0.15) is 12.2 Å². The second kappa shape index (κ2) is 11.0. The summed E-state index contributed by atoms with van der Waals surface area (Å²) in [6.07, 6.45) is 1.38. The van der Waals surface area contributed by atoms with Crippen LogP contribution in [0, 0.1) is 0 Å². The summed E-state index contributed by atoms with van der Waals surface area (Å²) in [5.41, 5.74) is 1.29. The molecule has 1 heterocycles. The Morgan fingerprint density at radius 2 is 1.81 bits per heavy atom. The number of anilines is 1. The number of benzene rings is 3. The molecule has 1 aliphatic heterocycles. The molecule has 1 N–H and O–H groups in total. The smallest absolute Gasteiger partial charge is 0.335 e. The van der Waals surface area contributed by atoms with E-state index in [1.807, 2.05) is 0 Å². The summed E-state index contributed by atoms with van der Waals surface area (Å²) in [5, 5.41) is 3.18. The van der Waals surface area contributed by atoms with E-state index >= 15 is 0 Å². The van der Waals surface area contributed by atoms with E-state index in [-0.39, 0.29) is 12.2 Å². The highest BCUT2D eigenvalue weighted by molar-refractivity contribution is 9.10. The molecule has 0 unspecified atom stereocenters. The van der Waals surface area contributed by atoms with Crippen LogP contribution >= 0.6 is 55.1 Å². The summed E-state index contributed by atoms with van der Waals surface area (Å²) >= 11 is 19.0. The van der Waals surface area contributed by atoms with Crippen molar-refractivity contribution in [2.24, 2.45) is 0 Å². The van der Waals surface area contributed by atoms with Gasteiger partial charge in [0.15, 0.2) is 11.5 Å². The highest BCUT2D eigenvalue weighted by atomic mass is 79.9. The SMILES string of the molecule is COc1cc(C=C2C(=O)NC(=O)N(c3cccc(Br)c3)C2=O)cc(Br)c1OCc1ccc(Cl)cc1Cl. The van der Waals surface area contributed by atoms with E-state index in [2.05, 4.69) is 37.2 Å². The molecule has 0 aromatic heterocycles. The molecule has 0 atom stereocenters. The van der Waals surface area contributed by atoms with E-state index in [9.17, 15) is 14.4 Å². The molecule has 0 radical (unpaired) electrons. The minimum absolute atomic E-state index is 0.149. The first-order valence-electron chi connectivity index (χ1n) is 10.3. The maximum atomic E-state index is 13.2. The summed E-state index contributed by atoms with van der Waals surface area (Å²) in [6.45, 7) is 0.149. The molecule has 1 fully saturated rings. The number of urea groups is 1. The van der Waals surface area contributed by atoms with Crippen molar-refractivity contribution >= 4 is 84.7 Å². The van der Waals surface area contributed by atoms with Crippen molar-refractivity contribution < 1.29 is 23.9 Å². The Balaban J connectivity index is 1.64. The molecule has 3 aromatic rings. The van der Waals surface area contributed by atoms with Gasteiger partial charge in [-0.1, -0.05) is 51.3 Å². The van der Waals surface area contributed by atoms with Gasteiger partial charge in [-0.2, -0.15) is 0 Å². The molecule has 0 aliphatic carbocycles. The number of methoxy groups -OCH3 is 1. The first-order chi connectivity index (χ1) is 17.2. The summed E-state index contributed by atoms with van der Waals surface area (Å²) in [4.78, 5) is 39.0. The van der Waals surface area contributed by atoms with Crippen molar-refractivity contribution in [2.75, 3.05) is 12.0 Å². The zero-order valence-electron chi connectivity index (χ0n) is 18.5. The topological polar surface area (TPSA) is 84.9 Å². The zero-order chi connectivity index (χ0) is 26.0. The van der Waals surface area contributed by atoms with Crippen molar-refractivity contribution in [2.45, 2.75) is 6.61 Å². The normalized spacial score (nSPS) is 14.8. The van der Waals surface area contributed by atoms with E-state index in [4.69, 9.17) is 32.7 Å². The predicted molar refractivity (Wildman–Crippen MR) is 145 cm³/mol. The number of hydrogen-bond donors (Lipinski definition) is 1. The van der Waals surface area contributed by atoms with Crippen molar-refractivity contribution in [3.63, 3.8) is 0 Å². The van der Waals surface area contributed by atoms with Gasteiger partial charge < -0.3 is 9.47 Å². The van der Waals surface area contributed by atoms with Crippen LogP contribution in [-0.4, -0.2) is 25.0 Å². The number of carbonyl (C=O) groups excluding carboxylic acids is 3. The Kier molecular flexibility index (Phi) is 8.04. The number of amides is 4. The van der Waals surface area contributed by atoms with Crippen LogP contribution < -0.4 is 19.7 Å².